The van der Waals surface area contributed by atoms with Crippen molar-refractivity contribution in [2.75, 3.05) is 26.0 Å². The number of carbonyl (C=O) groups is 2. The highest BCUT2D eigenvalue weighted by atomic mass is 32.2. The summed E-state index contributed by atoms with van der Waals surface area (Å²) >= 11 is 1.63. The van der Waals surface area contributed by atoms with Crippen molar-refractivity contribution in [1.29, 1.82) is 0 Å². The fourth-order valence-electron chi connectivity index (χ4n) is 1.61. The number of Topliss-reactive ketones (excluding diaryl/α,β-unsaturated/α-hetero) is 1. The third kappa shape index (κ3) is 2.79. The molecule has 1 aliphatic rings. The van der Waals surface area contributed by atoms with Gasteiger partial charge in [0, 0.05) is 10.5 Å². The lowest BCUT2D eigenvalue weighted by molar-refractivity contribution is 0.0943. The molecule has 1 aromatic carbocycles. The molecular formula is C12H13NO3S. The topological polar surface area (TPSA) is 46.6 Å². The Morgan fingerprint density at radius 3 is 2.65 bits per heavy atom. The van der Waals surface area contributed by atoms with E-state index in [2.05, 4.69) is 0 Å². The van der Waals surface area contributed by atoms with Gasteiger partial charge in [-0.2, -0.15) is 0 Å². The van der Waals surface area contributed by atoms with Crippen LogP contribution in [0, 0.1) is 0 Å². The summed E-state index contributed by atoms with van der Waals surface area (Å²) < 4.78 is 4.77. The van der Waals surface area contributed by atoms with Crippen molar-refractivity contribution in [3.05, 3.63) is 29.8 Å². The normalized spacial score (nSPS) is 14.9. The van der Waals surface area contributed by atoms with Crippen LogP contribution in [0.1, 0.15) is 10.4 Å². The summed E-state index contributed by atoms with van der Waals surface area (Å²) in [5.74, 6) is -0.0588. The van der Waals surface area contributed by atoms with Gasteiger partial charge in [0.1, 0.15) is 6.61 Å². The fraction of sp³-hybridized carbons (Fsp3) is 0.333. The number of nitrogens with zero attached hydrogens (tertiary/aromatic N) is 1. The van der Waals surface area contributed by atoms with Crippen molar-refractivity contribution >= 4 is 23.6 Å². The number of amides is 1. The number of hydrogen-bond acceptors (Lipinski definition) is 4. The molecule has 90 valence electrons. The standard InChI is InChI=1S/C12H13NO3S/c1-17-10-4-2-9(3-5-10)11(14)8-13-6-7-16-12(13)15/h2-5H,6-8H2,1H3. The molecule has 1 aliphatic heterocycles. The molecule has 2 rings (SSSR count). The summed E-state index contributed by atoms with van der Waals surface area (Å²) in [4.78, 5) is 25.6. The Kier molecular flexibility index (Phi) is 3.68. The summed E-state index contributed by atoms with van der Waals surface area (Å²) in [5, 5.41) is 0. The van der Waals surface area contributed by atoms with Crippen LogP contribution in [0.25, 0.3) is 0 Å². The summed E-state index contributed by atoms with van der Waals surface area (Å²) in [6.45, 7) is 0.961. The second-order valence-electron chi connectivity index (χ2n) is 3.69. The molecule has 0 spiro atoms. The molecule has 1 aromatic rings. The SMILES string of the molecule is CSc1ccc(C(=O)CN2CCOC2=O)cc1. The van der Waals surface area contributed by atoms with Gasteiger partial charge in [-0.25, -0.2) is 4.79 Å². The number of carbonyl (C=O) groups excluding carboxylic acids is 2. The quantitative estimate of drug-likeness (QED) is 0.607. The zero-order valence-electron chi connectivity index (χ0n) is 9.51. The third-order valence-corrected chi connectivity index (χ3v) is 3.33. The number of rotatable bonds is 4. The lowest BCUT2D eigenvalue weighted by atomic mass is 10.1. The van der Waals surface area contributed by atoms with Crippen LogP contribution < -0.4 is 0 Å². The molecule has 0 N–H and O–H groups in total. The molecule has 0 radical (unpaired) electrons. The summed E-state index contributed by atoms with van der Waals surface area (Å²) in [5.41, 5.74) is 0.627. The molecule has 0 saturated carbocycles. The van der Waals surface area contributed by atoms with E-state index >= 15 is 0 Å². The first-order valence-corrected chi connectivity index (χ1v) is 6.52. The van der Waals surface area contributed by atoms with E-state index < -0.39 is 6.09 Å². The predicted molar refractivity (Wildman–Crippen MR) is 65.5 cm³/mol. The maximum absolute atomic E-state index is 11.9. The van der Waals surface area contributed by atoms with Gasteiger partial charge in [-0.05, 0) is 18.4 Å². The number of thioether (sulfide) groups is 1. The van der Waals surface area contributed by atoms with E-state index in [1.165, 1.54) is 4.90 Å². The minimum atomic E-state index is -0.404. The summed E-state index contributed by atoms with van der Waals surface area (Å²) in [6, 6.07) is 7.38. The molecule has 0 unspecified atom stereocenters. The van der Waals surface area contributed by atoms with Crippen molar-refractivity contribution in [2.24, 2.45) is 0 Å². The maximum Gasteiger partial charge on any atom is 0.410 e. The van der Waals surface area contributed by atoms with Crippen molar-refractivity contribution in [3.8, 4) is 0 Å². The van der Waals surface area contributed by atoms with Crippen LogP contribution in [0.4, 0.5) is 4.79 Å². The van der Waals surface area contributed by atoms with Gasteiger partial charge in [0.05, 0.1) is 13.1 Å². The van der Waals surface area contributed by atoms with Crippen LogP contribution in [0.3, 0.4) is 0 Å². The molecular weight excluding hydrogens is 238 g/mol. The van der Waals surface area contributed by atoms with Gasteiger partial charge in [0.25, 0.3) is 0 Å². The molecule has 4 nitrogen and oxygen atoms in total. The zero-order chi connectivity index (χ0) is 12.3. The highest BCUT2D eigenvalue weighted by Crippen LogP contribution is 2.15. The first kappa shape index (κ1) is 12.0. The fourth-order valence-corrected chi connectivity index (χ4v) is 2.02. The Bertz CT molecular complexity index is 430. The van der Waals surface area contributed by atoms with Gasteiger partial charge in [-0.3, -0.25) is 9.69 Å². The number of hydrogen-bond donors (Lipinski definition) is 0. The molecule has 1 saturated heterocycles. The molecule has 0 aromatic heterocycles. The molecule has 1 amide bonds. The van der Waals surface area contributed by atoms with Crippen molar-refractivity contribution in [2.45, 2.75) is 4.90 Å². The minimum absolute atomic E-state index is 0.0588. The van der Waals surface area contributed by atoms with Crippen LogP contribution in [0.5, 0.6) is 0 Å². The average molecular weight is 251 g/mol. The van der Waals surface area contributed by atoms with Crippen molar-refractivity contribution in [3.63, 3.8) is 0 Å². The number of ether oxygens (including phenoxy) is 1. The van der Waals surface area contributed by atoms with E-state index in [1.54, 1.807) is 23.9 Å². The molecule has 0 atom stereocenters. The average Bonchev–Trinajstić information content (AvgIpc) is 2.75. The highest BCUT2D eigenvalue weighted by Gasteiger charge is 2.24. The van der Waals surface area contributed by atoms with E-state index in [0.717, 1.165) is 4.90 Å². The van der Waals surface area contributed by atoms with Gasteiger partial charge in [-0.15, -0.1) is 11.8 Å². The van der Waals surface area contributed by atoms with E-state index in [4.69, 9.17) is 4.74 Å². The van der Waals surface area contributed by atoms with Crippen LogP contribution in [0.2, 0.25) is 0 Å². The van der Waals surface area contributed by atoms with E-state index in [1.807, 2.05) is 18.4 Å². The Hall–Kier alpha value is -1.49. The maximum atomic E-state index is 11.9. The first-order chi connectivity index (χ1) is 8.20. The Balaban J connectivity index is 2.01. The van der Waals surface area contributed by atoms with E-state index in [0.29, 0.717) is 18.7 Å². The third-order valence-electron chi connectivity index (χ3n) is 2.59. The lowest BCUT2D eigenvalue weighted by Crippen LogP contribution is -2.30. The van der Waals surface area contributed by atoms with Gasteiger partial charge in [0.2, 0.25) is 0 Å². The summed E-state index contributed by atoms with van der Waals surface area (Å²) in [7, 11) is 0. The molecule has 1 heterocycles. The monoisotopic (exact) mass is 251 g/mol. The Morgan fingerprint density at radius 1 is 1.41 bits per heavy atom. The zero-order valence-corrected chi connectivity index (χ0v) is 10.3. The van der Waals surface area contributed by atoms with Gasteiger partial charge in [-0.1, -0.05) is 12.1 Å². The first-order valence-electron chi connectivity index (χ1n) is 5.29. The second kappa shape index (κ2) is 5.23. The second-order valence-corrected chi connectivity index (χ2v) is 4.57. The van der Waals surface area contributed by atoms with Crippen LogP contribution in [0.15, 0.2) is 29.2 Å². The molecule has 0 bridgehead atoms. The van der Waals surface area contributed by atoms with Crippen molar-refractivity contribution < 1.29 is 14.3 Å². The lowest BCUT2D eigenvalue weighted by Gasteiger charge is -2.11. The molecule has 5 heteroatoms. The van der Waals surface area contributed by atoms with Crippen LogP contribution in [-0.4, -0.2) is 42.7 Å². The number of ketones is 1. The highest BCUT2D eigenvalue weighted by molar-refractivity contribution is 7.98. The van der Waals surface area contributed by atoms with E-state index in [9.17, 15) is 9.59 Å². The smallest absolute Gasteiger partial charge is 0.410 e. The molecule has 17 heavy (non-hydrogen) atoms. The van der Waals surface area contributed by atoms with Gasteiger partial charge in [0.15, 0.2) is 5.78 Å². The van der Waals surface area contributed by atoms with Gasteiger partial charge >= 0.3 is 6.09 Å². The molecule has 0 aliphatic carbocycles. The van der Waals surface area contributed by atoms with Gasteiger partial charge < -0.3 is 4.74 Å². The molecule has 1 fully saturated rings. The largest absolute Gasteiger partial charge is 0.448 e. The van der Waals surface area contributed by atoms with E-state index in [-0.39, 0.29) is 12.3 Å². The summed E-state index contributed by atoms with van der Waals surface area (Å²) in [6.07, 6.45) is 1.58. The van der Waals surface area contributed by atoms with Crippen LogP contribution >= 0.6 is 11.8 Å². The number of benzene rings is 1. The Labute approximate surface area is 104 Å². The Morgan fingerprint density at radius 2 is 2.12 bits per heavy atom. The van der Waals surface area contributed by atoms with Crippen LogP contribution in [-0.2, 0) is 4.74 Å². The van der Waals surface area contributed by atoms with Crippen molar-refractivity contribution in [1.82, 2.24) is 4.90 Å². The minimum Gasteiger partial charge on any atom is -0.448 e. The number of cyclic esters (lactones) is 1. The predicted octanol–water partition coefficient (Wildman–Crippen LogP) is 2.04.